The van der Waals surface area contributed by atoms with Crippen molar-refractivity contribution in [3.8, 4) is 0 Å². The van der Waals surface area contributed by atoms with E-state index in [4.69, 9.17) is 16.6 Å². The fourth-order valence-electron chi connectivity index (χ4n) is 7.57. The number of nitrogens with zero attached hydrogens (tertiary/aromatic N) is 4. The smallest absolute Gasteiger partial charge is 0.270 e. The topological polar surface area (TPSA) is 111 Å². The lowest BCUT2D eigenvalue weighted by Gasteiger charge is -2.58. The van der Waals surface area contributed by atoms with E-state index in [9.17, 15) is 14.7 Å². The highest BCUT2D eigenvalue weighted by molar-refractivity contribution is 6.33. The molecule has 2 amide bonds. The average molecular weight is 539 g/mol. The summed E-state index contributed by atoms with van der Waals surface area (Å²) in [5.41, 5.74) is 0.344. The molecule has 4 saturated carbocycles. The Kier molecular flexibility index (Phi) is 6.46. The number of pyridine rings is 2. The summed E-state index contributed by atoms with van der Waals surface area (Å²) >= 11 is 6.49. The van der Waals surface area contributed by atoms with Gasteiger partial charge in [0, 0.05) is 45.0 Å². The molecule has 5 aliphatic rings. The molecule has 38 heavy (non-hydrogen) atoms. The summed E-state index contributed by atoms with van der Waals surface area (Å²) in [5, 5.41) is 17.2. The summed E-state index contributed by atoms with van der Waals surface area (Å²) in [4.78, 5) is 38.7. The van der Waals surface area contributed by atoms with Crippen molar-refractivity contribution in [1.82, 2.24) is 20.6 Å². The Morgan fingerprint density at radius 3 is 2.55 bits per heavy atom. The van der Waals surface area contributed by atoms with Crippen LogP contribution in [0.2, 0.25) is 5.02 Å². The Balaban J connectivity index is 1.12. The second-order valence-corrected chi connectivity index (χ2v) is 12.1. The third-order valence-corrected chi connectivity index (χ3v) is 9.32. The van der Waals surface area contributed by atoms with Gasteiger partial charge in [-0.25, -0.2) is 9.97 Å². The van der Waals surface area contributed by atoms with Crippen molar-refractivity contribution in [1.29, 1.82) is 0 Å². The molecule has 3 heterocycles. The molecule has 5 fully saturated rings. The monoisotopic (exact) mass is 538 g/mol. The molecule has 0 radical (unpaired) electrons. The number of anilines is 2. The summed E-state index contributed by atoms with van der Waals surface area (Å²) in [5.74, 6) is 2.40. The van der Waals surface area contributed by atoms with E-state index in [0.29, 0.717) is 59.5 Å². The minimum absolute atomic E-state index is 0.108. The van der Waals surface area contributed by atoms with Crippen molar-refractivity contribution in [2.75, 3.05) is 36.5 Å². The van der Waals surface area contributed by atoms with E-state index >= 15 is 0 Å². The van der Waals surface area contributed by atoms with Crippen LogP contribution in [0.25, 0.3) is 0 Å². The average Bonchev–Trinajstić information content (AvgIpc) is 2.89. The first-order chi connectivity index (χ1) is 18.2. The van der Waals surface area contributed by atoms with Crippen LogP contribution in [0, 0.1) is 17.8 Å². The van der Waals surface area contributed by atoms with Gasteiger partial charge in [0.2, 0.25) is 0 Å². The lowest BCUT2D eigenvalue weighted by atomic mass is 9.52. The van der Waals surface area contributed by atoms with Gasteiger partial charge in [0.05, 0.1) is 16.2 Å². The van der Waals surface area contributed by atoms with Gasteiger partial charge in [-0.05, 0) is 75.0 Å². The fraction of sp³-hybridized carbons (Fsp3) is 0.571. The number of nitrogens with one attached hydrogen (secondary N) is 2. The van der Waals surface area contributed by atoms with Gasteiger partial charge in [0.15, 0.2) is 0 Å². The van der Waals surface area contributed by atoms with Crippen molar-refractivity contribution in [3.63, 3.8) is 0 Å². The minimum atomic E-state index is -0.514. The Labute approximate surface area is 228 Å². The molecule has 4 aliphatic carbocycles. The van der Waals surface area contributed by atoms with E-state index < -0.39 is 5.60 Å². The van der Waals surface area contributed by atoms with Gasteiger partial charge in [-0.1, -0.05) is 17.7 Å². The number of halogens is 1. The summed E-state index contributed by atoms with van der Waals surface area (Å²) in [6, 6.07) is 7.50. The Morgan fingerprint density at radius 1 is 1.13 bits per heavy atom. The molecule has 7 rings (SSSR count). The molecule has 202 valence electrons. The highest BCUT2D eigenvalue weighted by Gasteiger charge is 2.55. The van der Waals surface area contributed by atoms with Gasteiger partial charge in [0.25, 0.3) is 11.8 Å². The van der Waals surface area contributed by atoms with Crippen LogP contribution < -0.4 is 20.4 Å². The molecule has 0 spiro atoms. The van der Waals surface area contributed by atoms with Crippen LogP contribution in [0.15, 0.2) is 30.5 Å². The molecule has 1 saturated heterocycles. The van der Waals surface area contributed by atoms with Crippen LogP contribution in [0.5, 0.6) is 0 Å². The van der Waals surface area contributed by atoms with Gasteiger partial charge >= 0.3 is 0 Å². The van der Waals surface area contributed by atoms with Gasteiger partial charge in [-0.2, -0.15) is 0 Å². The zero-order valence-electron chi connectivity index (χ0n) is 21.9. The summed E-state index contributed by atoms with van der Waals surface area (Å²) in [6.45, 7) is 4.18. The lowest BCUT2D eigenvalue weighted by molar-refractivity contribution is -0.136. The standard InChI is InChI=1S/C28H35ClN6O3/c1-16-15-34(25-21(29)10-20(14-31-25)26(36)30-2)6-7-35(16)23-5-3-4-22(32-23)27(37)33-24-18-8-17-9-19(24)13-28(38,11-17)12-18/h3-5,10,14,16-19,24,38H,6-9,11-13,15H2,1-2H3,(H,30,36)(H,33,37)/t16-,17?,18?,19?,24?,28?/m1/s1. The number of aromatic nitrogens is 2. The van der Waals surface area contributed by atoms with Crippen molar-refractivity contribution >= 4 is 35.1 Å². The van der Waals surface area contributed by atoms with Gasteiger partial charge in [-0.3, -0.25) is 9.59 Å². The number of rotatable bonds is 5. The Hall–Kier alpha value is -2.91. The molecule has 3 atom stereocenters. The third kappa shape index (κ3) is 4.60. The summed E-state index contributed by atoms with van der Waals surface area (Å²) < 4.78 is 0. The number of piperazine rings is 1. The maximum atomic E-state index is 13.3. The molecule has 3 N–H and O–H groups in total. The second kappa shape index (κ2) is 9.68. The first-order valence-corrected chi connectivity index (χ1v) is 14.0. The minimum Gasteiger partial charge on any atom is -0.390 e. The fourth-order valence-corrected chi connectivity index (χ4v) is 7.86. The number of aliphatic hydroxyl groups is 1. The molecule has 10 heteroatoms. The molecular formula is C28H35ClN6O3. The number of amides is 2. The SMILES string of the molecule is CNC(=O)c1cnc(N2CCN(c3cccc(C(=O)NC4C5CC6CC4CC(O)(C6)C5)n3)[C@H](C)C2)c(Cl)c1. The van der Waals surface area contributed by atoms with Crippen LogP contribution in [-0.2, 0) is 0 Å². The largest absolute Gasteiger partial charge is 0.390 e. The maximum Gasteiger partial charge on any atom is 0.270 e. The van der Waals surface area contributed by atoms with E-state index in [1.165, 1.54) is 0 Å². The van der Waals surface area contributed by atoms with Crippen molar-refractivity contribution in [2.45, 2.75) is 56.7 Å². The number of hydrogen-bond acceptors (Lipinski definition) is 7. The quantitative estimate of drug-likeness (QED) is 0.537. The highest BCUT2D eigenvalue weighted by atomic mass is 35.5. The zero-order chi connectivity index (χ0) is 26.6. The first kappa shape index (κ1) is 25.4. The van der Waals surface area contributed by atoms with Crippen LogP contribution in [-0.4, -0.2) is 71.3 Å². The van der Waals surface area contributed by atoms with E-state index in [2.05, 4.69) is 32.3 Å². The number of carbonyl (C=O) groups excluding carboxylic acids is 2. The first-order valence-electron chi connectivity index (χ1n) is 13.6. The third-order valence-electron chi connectivity index (χ3n) is 9.04. The number of hydrogen-bond donors (Lipinski definition) is 3. The number of carbonyl (C=O) groups is 2. The molecule has 0 aromatic carbocycles. The maximum absolute atomic E-state index is 13.3. The summed E-state index contributed by atoms with van der Waals surface area (Å²) in [7, 11) is 1.58. The van der Waals surface area contributed by atoms with E-state index in [-0.39, 0.29) is 23.9 Å². The molecular weight excluding hydrogens is 504 g/mol. The Morgan fingerprint density at radius 2 is 1.89 bits per heavy atom. The molecule has 2 aromatic heterocycles. The van der Waals surface area contributed by atoms with Crippen LogP contribution in [0.4, 0.5) is 11.6 Å². The highest BCUT2D eigenvalue weighted by Crippen LogP contribution is 2.55. The van der Waals surface area contributed by atoms with E-state index in [0.717, 1.165) is 37.9 Å². The molecule has 4 bridgehead atoms. The predicted molar refractivity (Wildman–Crippen MR) is 146 cm³/mol. The van der Waals surface area contributed by atoms with Crippen molar-refractivity contribution in [3.05, 3.63) is 46.7 Å². The van der Waals surface area contributed by atoms with Crippen LogP contribution in [0.1, 0.15) is 59.9 Å². The molecule has 2 unspecified atom stereocenters. The van der Waals surface area contributed by atoms with Gasteiger partial charge < -0.3 is 25.5 Å². The zero-order valence-corrected chi connectivity index (χ0v) is 22.6. The molecule has 9 nitrogen and oxygen atoms in total. The van der Waals surface area contributed by atoms with Gasteiger partial charge in [-0.15, -0.1) is 0 Å². The van der Waals surface area contributed by atoms with Crippen LogP contribution >= 0.6 is 11.6 Å². The molecule has 1 aliphatic heterocycles. The van der Waals surface area contributed by atoms with Crippen molar-refractivity contribution in [2.24, 2.45) is 17.8 Å². The normalized spacial score (nSPS) is 31.8. The van der Waals surface area contributed by atoms with Crippen molar-refractivity contribution < 1.29 is 14.7 Å². The Bertz CT molecular complexity index is 1240. The van der Waals surface area contributed by atoms with Gasteiger partial charge in [0.1, 0.15) is 17.3 Å². The van der Waals surface area contributed by atoms with E-state index in [1.54, 1.807) is 25.4 Å². The lowest BCUT2D eigenvalue weighted by Crippen LogP contribution is -2.61. The predicted octanol–water partition coefficient (Wildman–Crippen LogP) is 2.87. The molecule has 2 aromatic rings. The second-order valence-electron chi connectivity index (χ2n) is 11.7. The van der Waals surface area contributed by atoms with Crippen LogP contribution in [0.3, 0.4) is 0 Å². The summed E-state index contributed by atoms with van der Waals surface area (Å²) in [6.07, 6.45) is 6.28. The van der Waals surface area contributed by atoms with E-state index in [1.807, 2.05) is 12.1 Å².